The predicted octanol–water partition coefficient (Wildman–Crippen LogP) is 1.12. The lowest BCUT2D eigenvalue weighted by molar-refractivity contribution is 0.0874. The number of hydrogen-bond donors (Lipinski definition) is 0. The van der Waals surface area contributed by atoms with Gasteiger partial charge in [0.05, 0.1) is 0 Å². The molecule has 1 rings (SSSR count). The van der Waals surface area contributed by atoms with Crippen LogP contribution >= 0.6 is 0 Å². The second-order valence-corrected chi connectivity index (χ2v) is 1.93. The van der Waals surface area contributed by atoms with E-state index in [0.717, 1.165) is 19.6 Å². The maximum atomic E-state index is 5.12. The van der Waals surface area contributed by atoms with E-state index >= 15 is 0 Å². The van der Waals surface area contributed by atoms with Crippen molar-refractivity contribution in [2.45, 2.75) is 13.3 Å². The molecular formula is C6H10O. The average Bonchev–Trinajstić information content (AvgIpc) is 1.69. The zero-order valence-electron chi connectivity index (χ0n) is 4.61. The first kappa shape index (κ1) is 5.10. The lowest BCUT2D eigenvalue weighted by Crippen LogP contribution is -2.14. The summed E-state index contributed by atoms with van der Waals surface area (Å²) in [6, 6.07) is 0. The van der Waals surface area contributed by atoms with E-state index in [2.05, 4.69) is 13.3 Å². The van der Waals surface area contributed by atoms with E-state index in [1.54, 1.807) is 0 Å². The Morgan fingerprint density at radius 3 is 2.86 bits per heavy atom. The second kappa shape index (κ2) is 2.31. The van der Waals surface area contributed by atoms with E-state index in [1.165, 1.54) is 0 Å². The van der Waals surface area contributed by atoms with Gasteiger partial charge in [0.25, 0.3) is 0 Å². The topological polar surface area (TPSA) is 9.23 Å². The lowest BCUT2D eigenvalue weighted by atomic mass is 10.1. The Bertz CT molecular complexity index is 46.1. The Balaban J connectivity index is 2.12. The second-order valence-electron chi connectivity index (χ2n) is 1.93. The van der Waals surface area contributed by atoms with Crippen molar-refractivity contribution in [2.75, 3.05) is 13.2 Å². The Kier molecular flexibility index (Phi) is 1.69. The van der Waals surface area contributed by atoms with Gasteiger partial charge in [-0.05, 0) is 18.8 Å². The van der Waals surface area contributed by atoms with Crippen LogP contribution < -0.4 is 0 Å². The summed E-state index contributed by atoms with van der Waals surface area (Å²) in [6.07, 6.45) is 4.27. The van der Waals surface area contributed by atoms with Crippen LogP contribution in [-0.4, -0.2) is 13.2 Å². The highest BCUT2D eigenvalue weighted by molar-refractivity contribution is 4.75. The molecule has 1 fully saturated rings. The monoisotopic (exact) mass is 98.1 g/mol. The molecule has 0 saturated carbocycles. The molecule has 1 heteroatoms. The van der Waals surface area contributed by atoms with Crippen LogP contribution in [-0.2, 0) is 4.74 Å². The summed E-state index contributed by atoms with van der Waals surface area (Å²) < 4.78 is 5.12. The Morgan fingerprint density at radius 1 is 1.71 bits per heavy atom. The van der Waals surface area contributed by atoms with Gasteiger partial charge in [-0.1, -0.05) is 6.92 Å². The molecule has 1 saturated heterocycles. The average molecular weight is 98.1 g/mol. The summed E-state index contributed by atoms with van der Waals surface area (Å²) in [6.45, 7) is 3.88. The van der Waals surface area contributed by atoms with Crippen molar-refractivity contribution in [2.24, 2.45) is 5.92 Å². The Labute approximate surface area is 44.7 Å². The summed E-state index contributed by atoms with van der Waals surface area (Å²) in [7, 11) is 0. The first-order chi connectivity index (χ1) is 3.39. The van der Waals surface area contributed by atoms with Crippen LogP contribution in [0, 0.1) is 12.3 Å². The molecule has 2 radical (unpaired) electrons. The van der Waals surface area contributed by atoms with Gasteiger partial charge in [0.15, 0.2) is 0 Å². The summed E-state index contributed by atoms with van der Waals surface area (Å²) in [4.78, 5) is 0. The highest BCUT2D eigenvalue weighted by Gasteiger charge is 2.07. The minimum absolute atomic E-state index is 0.564. The van der Waals surface area contributed by atoms with Gasteiger partial charge in [-0.2, -0.15) is 0 Å². The zero-order chi connectivity index (χ0) is 5.11. The van der Waals surface area contributed by atoms with Crippen LogP contribution in [0.3, 0.4) is 0 Å². The molecule has 0 spiro atoms. The third-order valence-electron chi connectivity index (χ3n) is 1.11. The molecule has 1 heterocycles. The highest BCUT2D eigenvalue weighted by Crippen LogP contribution is 2.09. The Morgan fingerprint density at radius 2 is 2.57 bits per heavy atom. The van der Waals surface area contributed by atoms with Crippen LogP contribution in [0.4, 0.5) is 0 Å². The van der Waals surface area contributed by atoms with Crippen molar-refractivity contribution >= 4 is 0 Å². The molecule has 40 valence electrons. The fourth-order valence-corrected chi connectivity index (χ4v) is 0.697. The summed E-state index contributed by atoms with van der Waals surface area (Å²) in [5.41, 5.74) is 0. The van der Waals surface area contributed by atoms with Gasteiger partial charge < -0.3 is 4.74 Å². The fourth-order valence-electron chi connectivity index (χ4n) is 0.697. The normalized spacial score (nSPS) is 33.0. The molecule has 0 aliphatic carbocycles. The van der Waals surface area contributed by atoms with Crippen LogP contribution in [0.15, 0.2) is 0 Å². The quantitative estimate of drug-likeness (QED) is 0.441. The van der Waals surface area contributed by atoms with Gasteiger partial charge in [-0.3, -0.25) is 0 Å². The molecule has 7 heavy (non-hydrogen) atoms. The van der Waals surface area contributed by atoms with Crippen LogP contribution in [0.25, 0.3) is 0 Å². The van der Waals surface area contributed by atoms with Crippen molar-refractivity contribution in [3.8, 4) is 0 Å². The predicted molar refractivity (Wildman–Crippen MR) is 27.8 cm³/mol. The standard InChI is InChI=1S/C6H10O/c1-6-3-2-4-7-5-6/h6H,2,4-5H2,1H3. The van der Waals surface area contributed by atoms with Crippen LogP contribution in [0.2, 0.25) is 0 Å². The molecule has 1 nitrogen and oxygen atoms in total. The van der Waals surface area contributed by atoms with Crippen molar-refractivity contribution in [1.29, 1.82) is 0 Å². The molecule has 0 aromatic heterocycles. The van der Waals surface area contributed by atoms with Crippen molar-refractivity contribution in [3.63, 3.8) is 0 Å². The molecule has 1 unspecified atom stereocenters. The molecule has 1 aliphatic rings. The first-order valence-electron chi connectivity index (χ1n) is 2.71. The van der Waals surface area contributed by atoms with Crippen molar-refractivity contribution < 1.29 is 4.74 Å². The van der Waals surface area contributed by atoms with Crippen LogP contribution in [0.1, 0.15) is 13.3 Å². The van der Waals surface area contributed by atoms with E-state index in [0.29, 0.717) is 5.92 Å². The number of hydrogen-bond acceptors (Lipinski definition) is 1. The van der Waals surface area contributed by atoms with E-state index in [4.69, 9.17) is 4.74 Å². The molecule has 1 atom stereocenters. The Hall–Kier alpha value is -0.0400. The summed E-state index contributed by atoms with van der Waals surface area (Å²) >= 11 is 0. The lowest BCUT2D eigenvalue weighted by Gasteiger charge is -2.15. The van der Waals surface area contributed by atoms with Gasteiger partial charge in [0, 0.05) is 13.2 Å². The fraction of sp³-hybridized carbons (Fsp3) is 0.833. The van der Waals surface area contributed by atoms with Gasteiger partial charge >= 0.3 is 0 Å². The molecule has 1 aliphatic heterocycles. The largest absolute Gasteiger partial charge is 0.381 e. The van der Waals surface area contributed by atoms with Crippen molar-refractivity contribution in [1.82, 2.24) is 0 Å². The molecule has 0 aromatic rings. The van der Waals surface area contributed by atoms with E-state index in [1.807, 2.05) is 0 Å². The molecule has 0 bridgehead atoms. The number of ether oxygens (including phenoxy) is 1. The van der Waals surface area contributed by atoms with Gasteiger partial charge in [-0.25, -0.2) is 0 Å². The third-order valence-corrected chi connectivity index (χ3v) is 1.11. The van der Waals surface area contributed by atoms with Gasteiger partial charge in [0.1, 0.15) is 0 Å². The van der Waals surface area contributed by atoms with E-state index in [-0.39, 0.29) is 0 Å². The summed E-state index contributed by atoms with van der Waals surface area (Å²) in [5.74, 6) is 0.564. The van der Waals surface area contributed by atoms with E-state index in [9.17, 15) is 0 Å². The maximum Gasteiger partial charge on any atom is 0.0497 e. The van der Waals surface area contributed by atoms with Crippen LogP contribution in [0.5, 0.6) is 0 Å². The summed E-state index contributed by atoms with van der Waals surface area (Å²) in [5, 5.41) is 0. The maximum absolute atomic E-state index is 5.12. The molecule has 0 amide bonds. The van der Waals surface area contributed by atoms with E-state index < -0.39 is 0 Å². The minimum Gasteiger partial charge on any atom is -0.381 e. The zero-order valence-corrected chi connectivity index (χ0v) is 4.61. The highest BCUT2D eigenvalue weighted by atomic mass is 16.5. The number of rotatable bonds is 0. The SMILES string of the molecule is CC1[C]CCOC1. The van der Waals surface area contributed by atoms with Gasteiger partial charge in [0.2, 0.25) is 0 Å². The first-order valence-corrected chi connectivity index (χ1v) is 2.71. The molecule has 0 aromatic carbocycles. The smallest absolute Gasteiger partial charge is 0.0497 e. The van der Waals surface area contributed by atoms with Gasteiger partial charge in [-0.15, -0.1) is 0 Å². The van der Waals surface area contributed by atoms with Crippen molar-refractivity contribution in [3.05, 3.63) is 6.42 Å². The molecular weight excluding hydrogens is 88.1 g/mol. The minimum atomic E-state index is 0.564. The third kappa shape index (κ3) is 1.48. The molecule has 0 N–H and O–H groups in total.